The van der Waals surface area contributed by atoms with Crippen molar-refractivity contribution in [1.82, 2.24) is 0 Å². The summed E-state index contributed by atoms with van der Waals surface area (Å²) >= 11 is 0. The second kappa shape index (κ2) is 11.7. The fourth-order valence-electron chi connectivity index (χ4n) is 10.5. The maximum atomic E-state index is 6.59. The number of para-hydroxylation sites is 3. The first kappa shape index (κ1) is 31.6. The Bertz CT molecular complexity index is 3450. The normalized spacial score (nSPS) is 13.3. The zero-order chi connectivity index (χ0) is 38.0. The molecule has 2 aromatic heterocycles. The Balaban J connectivity index is 1.17. The molecule has 2 heterocycles. The Morgan fingerprint density at radius 1 is 0.293 bits per heavy atom. The van der Waals surface area contributed by atoms with E-state index in [9.17, 15) is 0 Å². The van der Waals surface area contributed by atoms with E-state index in [1.807, 2.05) is 12.1 Å². The van der Waals surface area contributed by atoms with Crippen LogP contribution in [0.25, 0.3) is 77.3 Å². The van der Waals surface area contributed by atoms with Gasteiger partial charge in [0, 0.05) is 27.3 Å². The summed E-state index contributed by atoms with van der Waals surface area (Å²) in [5.74, 6) is 0. The van der Waals surface area contributed by atoms with Crippen LogP contribution in [0.5, 0.6) is 0 Å². The average Bonchev–Trinajstić information content (AvgIpc) is 4.02. The molecule has 58 heavy (non-hydrogen) atoms. The molecule has 9 aromatic carbocycles. The maximum Gasteiger partial charge on any atom is 0.137 e. The van der Waals surface area contributed by atoms with E-state index in [0.29, 0.717) is 0 Å². The quantitative estimate of drug-likeness (QED) is 0.180. The smallest absolute Gasteiger partial charge is 0.137 e. The van der Waals surface area contributed by atoms with Crippen LogP contribution in [0.3, 0.4) is 0 Å². The molecule has 11 aromatic rings. The van der Waals surface area contributed by atoms with Crippen molar-refractivity contribution in [1.29, 1.82) is 0 Å². The van der Waals surface area contributed by atoms with Crippen LogP contribution in [0.1, 0.15) is 22.3 Å². The van der Waals surface area contributed by atoms with E-state index >= 15 is 0 Å². The molecule has 0 unspecified atom stereocenters. The number of hydrogen-bond acceptors (Lipinski definition) is 3. The first-order valence-corrected chi connectivity index (χ1v) is 19.9. The van der Waals surface area contributed by atoms with Crippen LogP contribution < -0.4 is 4.90 Å². The van der Waals surface area contributed by atoms with Gasteiger partial charge in [-0.15, -0.1) is 0 Å². The third kappa shape index (κ3) is 4.02. The van der Waals surface area contributed by atoms with E-state index in [0.717, 1.165) is 72.1 Å². The van der Waals surface area contributed by atoms with Crippen molar-refractivity contribution in [3.05, 3.63) is 222 Å². The number of rotatable bonds is 4. The number of nitrogens with zero attached hydrogens (tertiary/aromatic N) is 1. The maximum absolute atomic E-state index is 6.59. The predicted molar refractivity (Wildman–Crippen MR) is 237 cm³/mol. The SMILES string of the molecule is c1ccc(N(c2cccc3c2-c2ccccc2C32c3ccccc3-c3ccccc32)c2cccc3oc4ccccc4c23)c(-c2cccc3oc4ccccc4c23)c1. The zero-order valence-corrected chi connectivity index (χ0v) is 31.3. The molecule has 3 nitrogen and oxygen atoms in total. The lowest BCUT2D eigenvalue weighted by molar-refractivity contribution is 0.668. The van der Waals surface area contributed by atoms with E-state index in [1.165, 1.54) is 44.5 Å². The summed E-state index contributed by atoms with van der Waals surface area (Å²) in [5, 5.41) is 4.38. The lowest BCUT2D eigenvalue weighted by atomic mass is 9.70. The van der Waals surface area contributed by atoms with Crippen LogP contribution in [0.2, 0.25) is 0 Å². The van der Waals surface area contributed by atoms with Crippen LogP contribution in [0.4, 0.5) is 17.1 Å². The molecule has 0 saturated heterocycles. The molecule has 13 rings (SSSR count). The van der Waals surface area contributed by atoms with Gasteiger partial charge in [-0.1, -0.05) is 158 Å². The van der Waals surface area contributed by atoms with Gasteiger partial charge < -0.3 is 13.7 Å². The molecule has 270 valence electrons. The lowest BCUT2D eigenvalue weighted by Crippen LogP contribution is -2.26. The molecule has 0 amide bonds. The predicted octanol–water partition coefficient (Wildman–Crippen LogP) is 15.0. The molecule has 1 spiro atoms. The minimum absolute atomic E-state index is 0.476. The van der Waals surface area contributed by atoms with Crippen LogP contribution >= 0.6 is 0 Å². The Morgan fingerprint density at radius 2 is 0.724 bits per heavy atom. The Kier molecular flexibility index (Phi) is 6.37. The monoisotopic (exact) mass is 739 g/mol. The molecule has 3 heteroatoms. The summed E-state index contributed by atoms with van der Waals surface area (Å²) in [7, 11) is 0. The molecule has 0 N–H and O–H groups in total. The van der Waals surface area contributed by atoms with Gasteiger partial charge in [-0.2, -0.15) is 0 Å². The molecule has 0 saturated carbocycles. The molecule has 2 aliphatic rings. The number of anilines is 3. The lowest BCUT2D eigenvalue weighted by Gasteiger charge is -2.32. The highest BCUT2D eigenvalue weighted by Gasteiger charge is 2.52. The highest BCUT2D eigenvalue weighted by Crippen LogP contribution is 2.65. The number of furan rings is 2. The van der Waals surface area contributed by atoms with Crippen LogP contribution in [-0.2, 0) is 5.41 Å². The summed E-state index contributed by atoms with van der Waals surface area (Å²) < 4.78 is 13.1. The Labute approximate surface area is 334 Å². The van der Waals surface area contributed by atoms with Crippen molar-refractivity contribution >= 4 is 60.9 Å². The van der Waals surface area contributed by atoms with Gasteiger partial charge in [0.1, 0.15) is 22.3 Å². The third-order valence-electron chi connectivity index (χ3n) is 12.7. The molecule has 0 fully saturated rings. The van der Waals surface area contributed by atoms with E-state index in [4.69, 9.17) is 8.83 Å². The average molecular weight is 740 g/mol. The fourth-order valence-corrected chi connectivity index (χ4v) is 10.5. The van der Waals surface area contributed by atoms with Gasteiger partial charge in [0.15, 0.2) is 0 Å². The van der Waals surface area contributed by atoms with E-state index in [2.05, 4.69) is 193 Å². The van der Waals surface area contributed by atoms with Crippen molar-refractivity contribution in [3.8, 4) is 33.4 Å². The van der Waals surface area contributed by atoms with Crippen LogP contribution in [-0.4, -0.2) is 0 Å². The second-order valence-corrected chi connectivity index (χ2v) is 15.5. The van der Waals surface area contributed by atoms with Gasteiger partial charge in [-0.05, 0) is 87.0 Å². The minimum atomic E-state index is -0.476. The highest BCUT2D eigenvalue weighted by molar-refractivity contribution is 6.17. The molecule has 0 aliphatic heterocycles. The molecular formula is C55H33NO2. The molecule has 0 atom stereocenters. The van der Waals surface area contributed by atoms with Crippen molar-refractivity contribution in [2.75, 3.05) is 4.90 Å². The van der Waals surface area contributed by atoms with E-state index in [1.54, 1.807) is 0 Å². The first-order chi connectivity index (χ1) is 28.8. The molecule has 0 bridgehead atoms. The Morgan fingerprint density at radius 3 is 1.43 bits per heavy atom. The summed E-state index contributed by atoms with van der Waals surface area (Å²) in [6, 6.07) is 72.5. The summed E-state index contributed by atoms with van der Waals surface area (Å²) in [6.45, 7) is 0. The number of benzene rings is 9. The van der Waals surface area contributed by atoms with Crippen LogP contribution in [0.15, 0.2) is 209 Å². The van der Waals surface area contributed by atoms with Gasteiger partial charge in [-0.3, -0.25) is 0 Å². The second-order valence-electron chi connectivity index (χ2n) is 15.5. The number of hydrogen-bond donors (Lipinski definition) is 0. The van der Waals surface area contributed by atoms with E-state index < -0.39 is 5.41 Å². The standard InChI is InChI=1S/C55H33NO2/c1-7-23-41-34(16-1)35-17-2-8-24-42(35)55(41)43-25-9-3-19-38(43)53-44(55)26-14-28-46(53)56(47-29-15-33-51-54(47)40-21-6-12-31-49(40)58-51)45-27-10-4-18-36(45)37-22-13-32-50-52(37)39-20-5-11-30-48(39)57-50/h1-33H. The van der Waals surface area contributed by atoms with Gasteiger partial charge >= 0.3 is 0 Å². The molecule has 0 radical (unpaired) electrons. The summed E-state index contributed by atoms with van der Waals surface area (Å²) in [4.78, 5) is 2.50. The van der Waals surface area contributed by atoms with E-state index in [-0.39, 0.29) is 0 Å². The fraction of sp³-hybridized carbons (Fsp3) is 0.0182. The Hall–Kier alpha value is -7.62. The molecular weight excluding hydrogens is 707 g/mol. The topological polar surface area (TPSA) is 29.5 Å². The zero-order valence-electron chi connectivity index (χ0n) is 31.3. The first-order valence-electron chi connectivity index (χ1n) is 19.9. The van der Waals surface area contributed by atoms with Gasteiger partial charge in [0.2, 0.25) is 0 Å². The van der Waals surface area contributed by atoms with Crippen molar-refractivity contribution in [3.63, 3.8) is 0 Å². The summed E-state index contributed by atoms with van der Waals surface area (Å²) in [5.41, 5.74) is 18.8. The summed E-state index contributed by atoms with van der Waals surface area (Å²) in [6.07, 6.45) is 0. The van der Waals surface area contributed by atoms with Crippen molar-refractivity contribution < 1.29 is 8.83 Å². The largest absolute Gasteiger partial charge is 0.456 e. The van der Waals surface area contributed by atoms with Gasteiger partial charge in [0.25, 0.3) is 0 Å². The minimum Gasteiger partial charge on any atom is -0.456 e. The highest BCUT2D eigenvalue weighted by atomic mass is 16.3. The molecule has 2 aliphatic carbocycles. The van der Waals surface area contributed by atoms with Crippen molar-refractivity contribution in [2.24, 2.45) is 0 Å². The third-order valence-corrected chi connectivity index (χ3v) is 12.7. The van der Waals surface area contributed by atoms with Crippen molar-refractivity contribution in [2.45, 2.75) is 5.41 Å². The van der Waals surface area contributed by atoms with Gasteiger partial charge in [-0.25, -0.2) is 0 Å². The van der Waals surface area contributed by atoms with Gasteiger partial charge in [0.05, 0.1) is 27.9 Å². The van der Waals surface area contributed by atoms with Crippen LogP contribution in [0, 0.1) is 0 Å². The number of fused-ring (bicyclic) bond motifs is 16.